The molecule has 136 valence electrons. The van der Waals surface area contributed by atoms with Crippen LogP contribution in [-0.2, 0) is 6.42 Å². The zero-order valence-corrected chi connectivity index (χ0v) is 16.1. The number of ether oxygens (including phenoxy) is 2. The van der Waals surface area contributed by atoms with Gasteiger partial charge in [0.1, 0.15) is 11.5 Å². The lowest BCUT2D eigenvalue weighted by Crippen LogP contribution is -2.08. The molecule has 5 heteroatoms. The maximum Gasteiger partial charge on any atom is 0.180 e. The first-order valence-electron chi connectivity index (χ1n) is 8.65. The first-order chi connectivity index (χ1) is 12.5. The fourth-order valence-electron chi connectivity index (χ4n) is 2.90. The lowest BCUT2D eigenvalue weighted by atomic mass is 9.89. The van der Waals surface area contributed by atoms with Gasteiger partial charge in [-0.25, -0.2) is 4.98 Å². The van der Waals surface area contributed by atoms with E-state index in [-0.39, 0.29) is 12.0 Å². The van der Waals surface area contributed by atoms with Crippen LogP contribution >= 0.6 is 11.3 Å². The molecule has 1 aromatic heterocycles. The summed E-state index contributed by atoms with van der Waals surface area (Å²) in [7, 11) is 1.68. The summed E-state index contributed by atoms with van der Waals surface area (Å²) in [6.45, 7) is 4.05. The average Bonchev–Trinajstić information content (AvgIpc) is 3.07. The average molecular weight is 369 g/mol. The van der Waals surface area contributed by atoms with E-state index < -0.39 is 0 Å². The Morgan fingerprint density at radius 1 is 1.00 bits per heavy atom. The van der Waals surface area contributed by atoms with E-state index >= 15 is 0 Å². The van der Waals surface area contributed by atoms with Gasteiger partial charge in [-0.3, -0.25) is 0 Å². The Kier molecular flexibility index (Phi) is 5.78. The molecule has 0 aliphatic carbocycles. The molecule has 0 fully saturated rings. The molecule has 0 saturated carbocycles. The highest BCUT2D eigenvalue weighted by atomic mass is 32.1. The van der Waals surface area contributed by atoms with Gasteiger partial charge in [0.2, 0.25) is 0 Å². The molecule has 0 radical (unpaired) electrons. The van der Waals surface area contributed by atoms with Gasteiger partial charge in [-0.05, 0) is 55.7 Å². The molecule has 3 aromatic rings. The maximum atomic E-state index is 5.88. The highest BCUT2D eigenvalue weighted by molar-refractivity contribution is 7.13. The van der Waals surface area contributed by atoms with Crippen molar-refractivity contribution in [2.45, 2.75) is 32.3 Å². The van der Waals surface area contributed by atoms with E-state index in [2.05, 4.69) is 29.2 Å². The van der Waals surface area contributed by atoms with Gasteiger partial charge < -0.3 is 15.2 Å². The molecule has 1 heterocycles. The summed E-state index contributed by atoms with van der Waals surface area (Å²) < 4.78 is 11.0. The van der Waals surface area contributed by atoms with Crippen LogP contribution in [0, 0.1) is 0 Å². The summed E-state index contributed by atoms with van der Waals surface area (Å²) in [6, 6.07) is 16.4. The third-order valence-electron chi connectivity index (χ3n) is 4.15. The van der Waals surface area contributed by atoms with Crippen LogP contribution < -0.4 is 15.2 Å². The molecule has 0 bridgehead atoms. The van der Waals surface area contributed by atoms with Gasteiger partial charge in [0.15, 0.2) is 5.13 Å². The molecule has 0 spiro atoms. The maximum absolute atomic E-state index is 5.88. The number of anilines is 1. The summed E-state index contributed by atoms with van der Waals surface area (Å²) in [5, 5.41) is 2.64. The van der Waals surface area contributed by atoms with Gasteiger partial charge in [0, 0.05) is 11.3 Å². The monoisotopic (exact) mass is 368 g/mol. The number of methoxy groups -OCH3 is 1. The second-order valence-corrected chi connectivity index (χ2v) is 7.34. The molecule has 0 aliphatic heterocycles. The minimum Gasteiger partial charge on any atom is -0.497 e. The summed E-state index contributed by atoms with van der Waals surface area (Å²) in [6.07, 6.45) is 1.01. The molecule has 1 unspecified atom stereocenters. The van der Waals surface area contributed by atoms with Crippen LogP contribution in [0.1, 0.15) is 36.6 Å². The third-order valence-corrected chi connectivity index (χ3v) is 4.84. The van der Waals surface area contributed by atoms with Crippen LogP contribution in [0.5, 0.6) is 11.5 Å². The highest BCUT2D eigenvalue weighted by Crippen LogP contribution is 2.31. The van der Waals surface area contributed by atoms with Crippen LogP contribution in [-0.4, -0.2) is 18.2 Å². The number of aromatic nitrogens is 1. The Labute approximate surface area is 158 Å². The van der Waals surface area contributed by atoms with Crippen LogP contribution in [0.4, 0.5) is 5.13 Å². The summed E-state index contributed by atoms with van der Waals surface area (Å²) >= 11 is 1.48. The minimum atomic E-state index is 0.144. The number of thiazole rings is 1. The van der Waals surface area contributed by atoms with E-state index in [1.54, 1.807) is 7.11 Å². The van der Waals surface area contributed by atoms with Gasteiger partial charge in [-0.2, -0.15) is 0 Å². The molecule has 1 atom stereocenters. The Balaban J connectivity index is 1.87. The standard InChI is InChI=1S/C21H24N2O2S/c1-14(2)25-18-10-6-16(7-11-18)19(20-13-26-21(22)23-20)12-15-4-8-17(24-3)9-5-15/h4-11,13-14,19H,12H2,1-3H3,(H2,22,23). The number of hydrogen-bond acceptors (Lipinski definition) is 5. The second kappa shape index (κ2) is 8.23. The van der Waals surface area contributed by atoms with Crippen molar-refractivity contribution in [1.82, 2.24) is 4.98 Å². The molecule has 0 saturated heterocycles. The van der Waals surface area contributed by atoms with Gasteiger partial charge in [-0.1, -0.05) is 24.3 Å². The fraction of sp³-hybridized carbons (Fsp3) is 0.286. The van der Waals surface area contributed by atoms with Gasteiger partial charge in [-0.15, -0.1) is 11.3 Å². The number of nitrogens with two attached hydrogens (primary N) is 1. The summed E-state index contributed by atoms with van der Waals surface area (Å²) in [5.41, 5.74) is 9.30. The minimum absolute atomic E-state index is 0.144. The van der Waals surface area contributed by atoms with Crippen LogP contribution in [0.3, 0.4) is 0 Å². The zero-order chi connectivity index (χ0) is 18.5. The smallest absolute Gasteiger partial charge is 0.180 e. The number of rotatable bonds is 7. The molecular formula is C21H24N2O2S. The van der Waals surface area contributed by atoms with Crippen molar-refractivity contribution in [3.63, 3.8) is 0 Å². The van der Waals surface area contributed by atoms with Gasteiger partial charge in [0.25, 0.3) is 0 Å². The van der Waals surface area contributed by atoms with Crippen molar-refractivity contribution < 1.29 is 9.47 Å². The van der Waals surface area contributed by atoms with Crippen LogP contribution in [0.2, 0.25) is 0 Å². The molecule has 3 rings (SSSR count). The quantitative estimate of drug-likeness (QED) is 0.645. The normalized spacial score (nSPS) is 12.2. The molecular weight excluding hydrogens is 344 g/mol. The van der Waals surface area contributed by atoms with E-state index in [0.29, 0.717) is 5.13 Å². The topological polar surface area (TPSA) is 57.4 Å². The van der Waals surface area contributed by atoms with E-state index in [9.17, 15) is 0 Å². The molecule has 0 aliphatic rings. The molecule has 2 N–H and O–H groups in total. The molecule has 26 heavy (non-hydrogen) atoms. The molecule has 0 amide bonds. The number of nitrogens with zero attached hydrogens (tertiary/aromatic N) is 1. The Hall–Kier alpha value is -2.53. The fourth-order valence-corrected chi connectivity index (χ4v) is 3.52. The van der Waals surface area contributed by atoms with Crippen molar-refractivity contribution >= 4 is 16.5 Å². The number of benzene rings is 2. The Morgan fingerprint density at radius 3 is 2.19 bits per heavy atom. The van der Waals surface area contributed by atoms with Crippen LogP contribution in [0.15, 0.2) is 53.9 Å². The van der Waals surface area contributed by atoms with E-state index in [0.717, 1.165) is 23.6 Å². The Bertz CT molecular complexity index is 826. The zero-order valence-electron chi connectivity index (χ0n) is 15.3. The molecule has 2 aromatic carbocycles. The Morgan fingerprint density at radius 2 is 1.65 bits per heavy atom. The first kappa shape index (κ1) is 18.3. The largest absolute Gasteiger partial charge is 0.497 e. The van der Waals surface area contributed by atoms with E-state index in [1.165, 1.54) is 22.5 Å². The SMILES string of the molecule is COc1ccc(CC(c2ccc(OC(C)C)cc2)c2csc(N)n2)cc1. The van der Waals surface area contributed by atoms with Crippen LogP contribution in [0.25, 0.3) is 0 Å². The predicted octanol–water partition coefficient (Wildman–Crippen LogP) is 4.90. The third kappa shape index (κ3) is 4.55. The van der Waals surface area contributed by atoms with Crippen molar-refractivity contribution in [3.05, 3.63) is 70.7 Å². The summed E-state index contributed by atoms with van der Waals surface area (Å²) in [4.78, 5) is 4.53. The molecule has 4 nitrogen and oxygen atoms in total. The summed E-state index contributed by atoms with van der Waals surface area (Å²) in [5.74, 6) is 1.88. The van der Waals surface area contributed by atoms with E-state index in [4.69, 9.17) is 15.2 Å². The first-order valence-corrected chi connectivity index (χ1v) is 9.53. The lowest BCUT2D eigenvalue weighted by Gasteiger charge is -2.17. The second-order valence-electron chi connectivity index (χ2n) is 6.45. The predicted molar refractivity (Wildman–Crippen MR) is 107 cm³/mol. The van der Waals surface area contributed by atoms with Crippen molar-refractivity contribution in [2.75, 3.05) is 12.8 Å². The van der Waals surface area contributed by atoms with Gasteiger partial charge in [0.05, 0.1) is 18.9 Å². The van der Waals surface area contributed by atoms with E-state index in [1.807, 2.05) is 43.5 Å². The number of nitrogen functional groups attached to an aromatic ring is 1. The van der Waals surface area contributed by atoms with Crippen molar-refractivity contribution in [1.29, 1.82) is 0 Å². The number of hydrogen-bond donors (Lipinski definition) is 1. The highest BCUT2D eigenvalue weighted by Gasteiger charge is 2.18. The van der Waals surface area contributed by atoms with Crippen molar-refractivity contribution in [2.24, 2.45) is 0 Å². The van der Waals surface area contributed by atoms with Crippen molar-refractivity contribution in [3.8, 4) is 11.5 Å². The lowest BCUT2D eigenvalue weighted by molar-refractivity contribution is 0.242. The van der Waals surface area contributed by atoms with Gasteiger partial charge >= 0.3 is 0 Å².